The average Bonchev–Trinajstić information content (AvgIpc) is 2.80. The van der Waals surface area contributed by atoms with Crippen LogP contribution in [-0.2, 0) is 0 Å². The molecule has 2 aliphatic heterocycles. The largest absolute Gasteiger partial charge is 0.323 e. The van der Waals surface area contributed by atoms with Gasteiger partial charge in [0.15, 0.2) is 0 Å². The fraction of sp³-hybridized carbons (Fsp3) is 0.409. The van der Waals surface area contributed by atoms with Crippen molar-refractivity contribution >= 4 is 5.84 Å². The first-order chi connectivity index (χ1) is 11.8. The van der Waals surface area contributed by atoms with Crippen molar-refractivity contribution in [2.75, 3.05) is 0 Å². The van der Waals surface area contributed by atoms with E-state index in [9.17, 15) is 0 Å². The van der Waals surface area contributed by atoms with E-state index >= 15 is 0 Å². The molecule has 0 saturated heterocycles. The first-order valence-electron chi connectivity index (χ1n) is 9.41. The molecule has 2 nitrogen and oxygen atoms in total. The molecule has 0 saturated carbocycles. The highest BCUT2D eigenvalue weighted by Crippen LogP contribution is 2.43. The van der Waals surface area contributed by atoms with E-state index in [1.54, 1.807) is 0 Å². The number of rotatable bonds is 1. The molecule has 2 unspecified atom stereocenters. The molecule has 2 bridgehead atoms. The van der Waals surface area contributed by atoms with Gasteiger partial charge in [0.1, 0.15) is 5.84 Å². The molecule has 0 aromatic heterocycles. The zero-order valence-electron chi connectivity index (χ0n) is 14.3. The SMILES string of the molecule is CCC1=CC2CC(C=C1)N=C1C3=C(C=CCC3)C3=C(CCC=C3)N12. The number of hydrogen-bond donors (Lipinski definition) is 0. The summed E-state index contributed by atoms with van der Waals surface area (Å²) < 4.78 is 0. The maximum Gasteiger partial charge on any atom is 0.132 e. The maximum absolute atomic E-state index is 5.20. The maximum atomic E-state index is 5.20. The van der Waals surface area contributed by atoms with Gasteiger partial charge >= 0.3 is 0 Å². The number of allylic oxidation sites excluding steroid dienone is 9. The molecule has 0 spiro atoms. The Morgan fingerprint density at radius 2 is 1.92 bits per heavy atom. The van der Waals surface area contributed by atoms with E-state index in [0.29, 0.717) is 12.1 Å². The van der Waals surface area contributed by atoms with Crippen LogP contribution in [0.3, 0.4) is 0 Å². The number of nitrogens with zero attached hydrogens (tertiary/aromatic N) is 2. The van der Waals surface area contributed by atoms with E-state index in [-0.39, 0.29) is 0 Å². The first-order valence-corrected chi connectivity index (χ1v) is 9.41. The van der Waals surface area contributed by atoms with Gasteiger partial charge in [-0.3, -0.25) is 4.99 Å². The van der Waals surface area contributed by atoms with E-state index in [1.165, 1.54) is 33.8 Å². The van der Waals surface area contributed by atoms with Crippen molar-refractivity contribution in [3.63, 3.8) is 0 Å². The second kappa shape index (κ2) is 5.47. The van der Waals surface area contributed by atoms with Crippen LogP contribution in [0.5, 0.6) is 0 Å². The standard InChI is InChI=1S/C22H24N2/c1-2-15-11-12-16-14-17(13-15)24-21-10-6-5-8-19(21)18-7-3-4-9-20(18)22(24)23-16/h3,5,7-8,11-13,16-17H,2,4,6,9-10,14H2,1H3. The van der Waals surface area contributed by atoms with Crippen LogP contribution < -0.4 is 0 Å². The minimum absolute atomic E-state index is 0.336. The molecule has 0 N–H and O–H groups in total. The summed E-state index contributed by atoms with van der Waals surface area (Å²) >= 11 is 0. The quantitative estimate of drug-likeness (QED) is 0.665. The Kier molecular flexibility index (Phi) is 3.26. The summed E-state index contributed by atoms with van der Waals surface area (Å²) in [5, 5.41) is 0. The van der Waals surface area contributed by atoms with Gasteiger partial charge in [-0.15, -0.1) is 0 Å². The normalized spacial score (nSPS) is 30.5. The molecule has 5 aliphatic rings. The Balaban J connectivity index is 1.72. The van der Waals surface area contributed by atoms with Crippen molar-refractivity contribution in [3.05, 3.63) is 70.5 Å². The van der Waals surface area contributed by atoms with Crippen molar-refractivity contribution in [2.24, 2.45) is 4.99 Å². The van der Waals surface area contributed by atoms with Gasteiger partial charge in [0.05, 0.1) is 12.1 Å². The molecular formula is C22H24N2. The highest BCUT2D eigenvalue weighted by atomic mass is 15.3. The number of amidine groups is 1. The zero-order valence-corrected chi connectivity index (χ0v) is 14.3. The molecule has 0 radical (unpaired) electrons. The Labute approximate surface area is 144 Å². The number of fused-ring (bicyclic) bond motifs is 7. The summed E-state index contributed by atoms with van der Waals surface area (Å²) in [6, 6.07) is 0.798. The Morgan fingerprint density at radius 1 is 1.08 bits per heavy atom. The van der Waals surface area contributed by atoms with Crippen LogP contribution in [0.1, 0.15) is 45.4 Å². The third-order valence-corrected chi connectivity index (χ3v) is 5.84. The van der Waals surface area contributed by atoms with Crippen LogP contribution in [0.2, 0.25) is 0 Å². The zero-order chi connectivity index (χ0) is 16.1. The monoisotopic (exact) mass is 316 g/mol. The van der Waals surface area contributed by atoms with E-state index < -0.39 is 0 Å². The lowest BCUT2D eigenvalue weighted by molar-refractivity contribution is 0.357. The smallest absolute Gasteiger partial charge is 0.132 e. The van der Waals surface area contributed by atoms with Crippen molar-refractivity contribution < 1.29 is 0 Å². The minimum atomic E-state index is 0.336. The van der Waals surface area contributed by atoms with Crippen molar-refractivity contribution in [1.82, 2.24) is 4.90 Å². The molecule has 2 heterocycles. The Bertz CT molecular complexity index is 798. The van der Waals surface area contributed by atoms with E-state index in [4.69, 9.17) is 4.99 Å². The highest BCUT2D eigenvalue weighted by Gasteiger charge is 2.39. The van der Waals surface area contributed by atoms with Crippen molar-refractivity contribution in [1.29, 1.82) is 0 Å². The van der Waals surface area contributed by atoms with E-state index in [1.807, 2.05) is 0 Å². The second-order valence-electron chi connectivity index (χ2n) is 7.28. The van der Waals surface area contributed by atoms with Gasteiger partial charge in [0, 0.05) is 16.8 Å². The summed E-state index contributed by atoms with van der Waals surface area (Å²) in [6.45, 7) is 2.25. The average molecular weight is 316 g/mol. The van der Waals surface area contributed by atoms with Gasteiger partial charge in [0.2, 0.25) is 0 Å². The molecule has 2 atom stereocenters. The lowest BCUT2D eigenvalue weighted by Gasteiger charge is -2.45. The van der Waals surface area contributed by atoms with Crippen molar-refractivity contribution in [2.45, 2.75) is 57.5 Å². The predicted octanol–water partition coefficient (Wildman–Crippen LogP) is 5.00. The van der Waals surface area contributed by atoms with Gasteiger partial charge in [-0.05, 0) is 44.1 Å². The van der Waals surface area contributed by atoms with E-state index in [2.05, 4.69) is 54.4 Å². The minimum Gasteiger partial charge on any atom is -0.323 e. The first kappa shape index (κ1) is 14.3. The van der Waals surface area contributed by atoms with Gasteiger partial charge in [0.25, 0.3) is 0 Å². The molecular weight excluding hydrogens is 292 g/mol. The third-order valence-electron chi connectivity index (χ3n) is 5.84. The van der Waals surface area contributed by atoms with Crippen molar-refractivity contribution in [3.8, 4) is 0 Å². The summed E-state index contributed by atoms with van der Waals surface area (Å²) in [6.07, 6.45) is 23.2. The molecule has 5 rings (SSSR count). The molecule has 0 fully saturated rings. The fourth-order valence-corrected chi connectivity index (χ4v) is 4.67. The summed E-state index contributed by atoms with van der Waals surface area (Å²) in [5.41, 5.74) is 7.31. The van der Waals surface area contributed by atoms with Gasteiger partial charge in [-0.25, -0.2) is 0 Å². The molecule has 2 heteroatoms. The lowest BCUT2D eigenvalue weighted by Crippen LogP contribution is -2.47. The lowest BCUT2D eigenvalue weighted by atomic mass is 9.81. The van der Waals surface area contributed by atoms with Gasteiger partial charge < -0.3 is 4.90 Å². The van der Waals surface area contributed by atoms with Crippen LogP contribution in [-0.4, -0.2) is 22.8 Å². The van der Waals surface area contributed by atoms with Crippen LogP contribution >= 0.6 is 0 Å². The highest BCUT2D eigenvalue weighted by molar-refractivity contribution is 6.04. The molecule has 3 aliphatic carbocycles. The number of aliphatic imine (C=N–C) groups is 1. The second-order valence-corrected chi connectivity index (χ2v) is 7.28. The predicted molar refractivity (Wildman–Crippen MR) is 99.8 cm³/mol. The summed E-state index contributed by atoms with van der Waals surface area (Å²) in [7, 11) is 0. The number of hydrogen-bond acceptors (Lipinski definition) is 2. The molecule has 0 amide bonds. The molecule has 122 valence electrons. The van der Waals surface area contributed by atoms with Crippen LogP contribution in [0.25, 0.3) is 0 Å². The van der Waals surface area contributed by atoms with Gasteiger partial charge in [-0.1, -0.05) is 55.0 Å². The third kappa shape index (κ3) is 2.05. The Hall–Kier alpha value is -2.09. The van der Waals surface area contributed by atoms with Crippen LogP contribution in [0.4, 0.5) is 0 Å². The van der Waals surface area contributed by atoms with Gasteiger partial charge in [-0.2, -0.15) is 0 Å². The molecule has 24 heavy (non-hydrogen) atoms. The summed E-state index contributed by atoms with van der Waals surface area (Å²) in [4.78, 5) is 7.79. The topological polar surface area (TPSA) is 15.6 Å². The summed E-state index contributed by atoms with van der Waals surface area (Å²) in [5.74, 6) is 1.27. The molecule has 0 aromatic carbocycles. The Morgan fingerprint density at radius 3 is 2.79 bits per heavy atom. The fourth-order valence-electron chi connectivity index (χ4n) is 4.67. The van der Waals surface area contributed by atoms with E-state index in [0.717, 1.165) is 38.5 Å². The molecule has 0 aromatic rings. The van der Waals surface area contributed by atoms with Crippen LogP contribution in [0.15, 0.2) is 75.5 Å². The van der Waals surface area contributed by atoms with Crippen LogP contribution in [0, 0.1) is 0 Å².